The third kappa shape index (κ3) is 4.69. The van der Waals surface area contributed by atoms with E-state index < -0.39 is 12.7 Å². The Morgan fingerprint density at radius 3 is 2.69 bits per heavy atom. The number of anilines is 1. The smallest absolute Gasteiger partial charge is 0.360 e. The molecular formula is C16H21F3N6S. The van der Waals surface area contributed by atoms with Crippen LogP contribution in [0.15, 0.2) is 34.9 Å². The molecule has 3 rings (SSSR count). The van der Waals surface area contributed by atoms with Gasteiger partial charge in [-0.05, 0) is 17.5 Å². The molecule has 10 heteroatoms. The van der Waals surface area contributed by atoms with Gasteiger partial charge in [-0.1, -0.05) is 0 Å². The number of nitrogens with zero attached hydrogens (tertiary/aromatic N) is 5. The zero-order chi connectivity index (χ0) is 18.6. The Labute approximate surface area is 154 Å². The molecule has 142 valence electrons. The molecule has 0 aliphatic carbocycles. The van der Waals surface area contributed by atoms with Gasteiger partial charge in [0.15, 0.2) is 5.96 Å². The van der Waals surface area contributed by atoms with Crippen LogP contribution in [-0.2, 0) is 13.1 Å². The SMILES string of the molecule is CN=C(NCc1nccn1CC(F)(F)F)N1CCN(c2cccs2)CC1. The van der Waals surface area contributed by atoms with E-state index >= 15 is 0 Å². The van der Waals surface area contributed by atoms with Gasteiger partial charge < -0.3 is 19.7 Å². The summed E-state index contributed by atoms with van der Waals surface area (Å²) in [7, 11) is 1.68. The minimum Gasteiger partial charge on any atom is -0.360 e. The van der Waals surface area contributed by atoms with Crippen molar-refractivity contribution >= 4 is 22.3 Å². The maximum Gasteiger partial charge on any atom is 0.406 e. The van der Waals surface area contributed by atoms with Gasteiger partial charge in [-0.25, -0.2) is 4.98 Å². The minimum atomic E-state index is -4.27. The molecular weight excluding hydrogens is 365 g/mol. The van der Waals surface area contributed by atoms with E-state index in [9.17, 15) is 13.2 Å². The lowest BCUT2D eigenvalue weighted by molar-refractivity contribution is -0.141. The molecule has 0 unspecified atom stereocenters. The van der Waals surface area contributed by atoms with Crippen molar-refractivity contribution in [3.8, 4) is 0 Å². The largest absolute Gasteiger partial charge is 0.406 e. The highest BCUT2D eigenvalue weighted by atomic mass is 32.1. The number of imidazole rings is 1. The van der Waals surface area contributed by atoms with Gasteiger partial charge in [0.1, 0.15) is 12.4 Å². The third-order valence-electron chi connectivity index (χ3n) is 4.16. The number of thiophene rings is 1. The Bertz CT molecular complexity index is 717. The first-order valence-corrected chi connectivity index (χ1v) is 9.15. The number of alkyl halides is 3. The highest BCUT2D eigenvalue weighted by molar-refractivity contribution is 7.14. The number of guanidine groups is 1. The summed E-state index contributed by atoms with van der Waals surface area (Å²) in [6.45, 7) is 2.51. The molecule has 1 saturated heterocycles. The average molecular weight is 386 g/mol. The molecule has 0 saturated carbocycles. The zero-order valence-corrected chi connectivity index (χ0v) is 15.2. The van der Waals surface area contributed by atoms with Gasteiger partial charge in [0.05, 0.1) is 11.5 Å². The topological polar surface area (TPSA) is 48.7 Å². The number of hydrogen-bond donors (Lipinski definition) is 1. The highest BCUT2D eigenvalue weighted by Crippen LogP contribution is 2.22. The van der Waals surface area contributed by atoms with Gasteiger partial charge in [0.25, 0.3) is 0 Å². The van der Waals surface area contributed by atoms with Crippen molar-refractivity contribution in [2.75, 3.05) is 38.1 Å². The molecule has 2 aromatic heterocycles. The molecule has 0 spiro atoms. The number of aromatic nitrogens is 2. The van der Waals surface area contributed by atoms with Crippen molar-refractivity contribution < 1.29 is 13.2 Å². The molecule has 3 heterocycles. The van der Waals surface area contributed by atoms with E-state index in [0.717, 1.165) is 30.7 Å². The summed E-state index contributed by atoms with van der Waals surface area (Å²) in [5.74, 6) is 1.01. The second kappa shape index (κ2) is 7.98. The van der Waals surface area contributed by atoms with Gasteiger partial charge in [0.2, 0.25) is 0 Å². The molecule has 6 nitrogen and oxygen atoms in total. The molecule has 0 atom stereocenters. The second-order valence-corrected chi connectivity index (χ2v) is 6.84. The van der Waals surface area contributed by atoms with E-state index in [4.69, 9.17) is 0 Å². The summed E-state index contributed by atoms with van der Waals surface area (Å²) >= 11 is 1.72. The molecule has 0 radical (unpaired) electrons. The number of rotatable bonds is 4. The highest BCUT2D eigenvalue weighted by Gasteiger charge is 2.29. The molecule has 1 N–H and O–H groups in total. The Kier molecular flexibility index (Phi) is 5.70. The quantitative estimate of drug-likeness (QED) is 0.648. The zero-order valence-electron chi connectivity index (χ0n) is 14.4. The normalized spacial score (nSPS) is 16.2. The van der Waals surface area contributed by atoms with E-state index in [1.807, 2.05) is 6.07 Å². The Balaban J connectivity index is 1.54. The molecule has 1 aliphatic rings. The van der Waals surface area contributed by atoms with Gasteiger partial charge in [-0.15, -0.1) is 11.3 Å². The minimum absolute atomic E-state index is 0.195. The molecule has 0 bridgehead atoms. The summed E-state index contributed by atoms with van der Waals surface area (Å²) in [4.78, 5) is 12.7. The van der Waals surface area contributed by atoms with E-state index in [1.54, 1.807) is 18.4 Å². The molecule has 0 aromatic carbocycles. The lowest BCUT2D eigenvalue weighted by Crippen LogP contribution is -2.52. The average Bonchev–Trinajstić information content (AvgIpc) is 3.27. The second-order valence-electron chi connectivity index (χ2n) is 5.91. The molecule has 0 amide bonds. The molecule has 1 aliphatic heterocycles. The number of aliphatic imine (C=N–C) groups is 1. The predicted molar refractivity (Wildman–Crippen MR) is 96.6 cm³/mol. The van der Waals surface area contributed by atoms with Crippen LogP contribution in [0.25, 0.3) is 0 Å². The van der Waals surface area contributed by atoms with Crippen molar-refractivity contribution in [3.05, 3.63) is 35.7 Å². The van der Waals surface area contributed by atoms with E-state index in [1.165, 1.54) is 17.4 Å². The maximum atomic E-state index is 12.6. The first-order chi connectivity index (χ1) is 12.5. The van der Waals surface area contributed by atoms with Crippen molar-refractivity contribution in [1.29, 1.82) is 0 Å². The van der Waals surface area contributed by atoms with Crippen LogP contribution < -0.4 is 10.2 Å². The van der Waals surface area contributed by atoms with Crippen LogP contribution in [0.4, 0.5) is 18.2 Å². The standard InChI is InChI=1S/C16H21F3N6S/c1-20-15(22-11-13-21-4-5-25(13)12-16(17,18)19)24-8-6-23(7-9-24)14-3-2-10-26-14/h2-5,10H,6-9,11-12H2,1H3,(H,20,22). The first-order valence-electron chi connectivity index (χ1n) is 8.27. The van der Waals surface area contributed by atoms with Gasteiger partial charge in [-0.2, -0.15) is 13.2 Å². The summed E-state index contributed by atoms with van der Waals surface area (Å²) in [6, 6.07) is 4.14. The Hall–Kier alpha value is -2.23. The maximum absolute atomic E-state index is 12.6. The number of hydrogen-bond acceptors (Lipinski definition) is 4. The van der Waals surface area contributed by atoms with Crippen LogP contribution in [0.5, 0.6) is 0 Å². The van der Waals surface area contributed by atoms with Gasteiger partial charge in [-0.3, -0.25) is 4.99 Å². The summed E-state index contributed by atoms with van der Waals surface area (Å²) in [6.07, 6.45) is -1.55. The van der Waals surface area contributed by atoms with Crippen molar-refractivity contribution in [2.24, 2.45) is 4.99 Å². The van der Waals surface area contributed by atoms with Crippen molar-refractivity contribution in [1.82, 2.24) is 19.8 Å². The van der Waals surface area contributed by atoms with Crippen LogP contribution in [0.1, 0.15) is 5.82 Å². The molecule has 1 fully saturated rings. The lowest BCUT2D eigenvalue weighted by Gasteiger charge is -2.37. The van der Waals surface area contributed by atoms with Crippen LogP contribution >= 0.6 is 11.3 Å². The fourth-order valence-corrected chi connectivity index (χ4v) is 3.71. The Morgan fingerprint density at radius 2 is 2.08 bits per heavy atom. The first kappa shape index (κ1) is 18.6. The monoisotopic (exact) mass is 386 g/mol. The fourth-order valence-electron chi connectivity index (χ4n) is 2.92. The molecule has 26 heavy (non-hydrogen) atoms. The third-order valence-corrected chi connectivity index (χ3v) is 5.09. The predicted octanol–water partition coefficient (Wildman–Crippen LogP) is 2.40. The summed E-state index contributed by atoms with van der Waals surface area (Å²) in [5.41, 5.74) is 0. The lowest BCUT2D eigenvalue weighted by atomic mass is 10.3. The Morgan fingerprint density at radius 1 is 1.31 bits per heavy atom. The fraction of sp³-hybridized carbons (Fsp3) is 0.500. The van der Waals surface area contributed by atoms with Crippen LogP contribution in [0.2, 0.25) is 0 Å². The molecule has 2 aromatic rings. The number of piperazine rings is 1. The van der Waals surface area contributed by atoms with E-state index in [2.05, 4.69) is 36.5 Å². The van der Waals surface area contributed by atoms with Gasteiger partial charge >= 0.3 is 6.18 Å². The van der Waals surface area contributed by atoms with E-state index in [0.29, 0.717) is 11.8 Å². The van der Waals surface area contributed by atoms with Crippen LogP contribution in [-0.4, -0.2) is 59.8 Å². The number of nitrogens with one attached hydrogen (secondary N) is 1. The van der Waals surface area contributed by atoms with Crippen molar-refractivity contribution in [3.63, 3.8) is 0 Å². The van der Waals surface area contributed by atoms with Crippen LogP contribution in [0, 0.1) is 0 Å². The van der Waals surface area contributed by atoms with Crippen molar-refractivity contribution in [2.45, 2.75) is 19.3 Å². The summed E-state index contributed by atoms with van der Waals surface area (Å²) in [5, 5.41) is 6.44. The van der Waals surface area contributed by atoms with E-state index in [-0.39, 0.29) is 6.54 Å². The number of halogens is 3. The van der Waals surface area contributed by atoms with Gasteiger partial charge in [0, 0.05) is 45.6 Å². The summed E-state index contributed by atoms with van der Waals surface area (Å²) < 4.78 is 38.9. The van der Waals surface area contributed by atoms with Crippen LogP contribution in [0.3, 0.4) is 0 Å².